The predicted molar refractivity (Wildman–Crippen MR) is 105 cm³/mol. The highest BCUT2D eigenvalue weighted by Crippen LogP contribution is 2.50. The third kappa shape index (κ3) is 25.9. The molecular weight excluding hydrogens is 359 g/mol. The SMILES string of the molecule is CCOCC[P+](C)(C)CCOCC.COCCOCCOCCC(=O)[O-]. The third-order valence-corrected chi connectivity index (χ3v) is 6.13. The fourth-order valence-corrected chi connectivity index (χ4v) is 3.11. The highest BCUT2D eigenvalue weighted by atomic mass is 31.2. The Morgan fingerprint density at radius 2 is 1.23 bits per heavy atom. The predicted octanol–water partition coefficient (Wildman–Crippen LogP) is 1.14. The lowest BCUT2D eigenvalue weighted by atomic mass is 10.5. The van der Waals surface area contributed by atoms with Crippen molar-refractivity contribution in [1.82, 2.24) is 0 Å². The summed E-state index contributed by atoms with van der Waals surface area (Å²) >= 11 is 0. The normalized spacial score (nSPS) is 11.1. The van der Waals surface area contributed by atoms with E-state index in [0.29, 0.717) is 26.4 Å². The van der Waals surface area contributed by atoms with Crippen LogP contribution in [0.15, 0.2) is 0 Å². The monoisotopic (exact) mass is 398 g/mol. The molecular formula is C18H39O7P. The van der Waals surface area contributed by atoms with E-state index in [2.05, 4.69) is 13.3 Å². The molecule has 0 rings (SSSR count). The first-order valence-electron chi connectivity index (χ1n) is 9.21. The lowest BCUT2D eigenvalue weighted by Gasteiger charge is -2.17. The van der Waals surface area contributed by atoms with E-state index in [1.165, 1.54) is 12.3 Å². The van der Waals surface area contributed by atoms with Crippen LogP contribution in [0, 0.1) is 0 Å². The van der Waals surface area contributed by atoms with Gasteiger partial charge in [0.1, 0.15) is 0 Å². The lowest BCUT2D eigenvalue weighted by molar-refractivity contribution is -0.306. The molecule has 0 N–H and O–H groups in total. The maximum absolute atomic E-state index is 9.93. The van der Waals surface area contributed by atoms with Crippen molar-refractivity contribution in [3.05, 3.63) is 0 Å². The molecule has 8 heteroatoms. The number of aliphatic carboxylic acids is 1. The topological polar surface area (TPSA) is 86.3 Å². The number of methoxy groups -OCH3 is 1. The van der Waals surface area contributed by atoms with Gasteiger partial charge >= 0.3 is 0 Å². The van der Waals surface area contributed by atoms with Crippen LogP contribution in [0.2, 0.25) is 0 Å². The second kappa shape index (κ2) is 21.0. The molecule has 26 heavy (non-hydrogen) atoms. The number of carbonyl (C=O) groups excluding carboxylic acids is 1. The Bertz CT molecular complexity index is 289. The highest BCUT2D eigenvalue weighted by molar-refractivity contribution is 7.74. The number of carboxylic acids is 1. The molecule has 0 radical (unpaired) electrons. The van der Waals surface area contributed by atoms with Crippen LogP contribution in [-0.2, 0) is 28.5 Å². The van der Waals surface area contributed by atoms with Crippen molar-refractivity contribution in [2.45, 2.75) is 20.3 Å². The van der Waals surface area contributed by atoms with Crippen molar-refractivity contribution in [2.75, 3.05) is 92.2 Å². The van der Waals surface area contributed by atoms with E-state index in [0.717, 1.165) is 26.4 Å². The van der Waals surface area contributed by atoms with E-state index < -0.39 is 13.2 Å². The van der Waals surface area contributed by atoms with Gasteiger partial charge in [0.25, 0.3) is 0 Å². The summed E-state index contributed by atoms with van der Waals surface area (Å²) in [7, 11) is 0.845. The molecule has 0 amide bonds. The molecule has 0 aliphatic carbocycles. The van der Waals surface area contributed by atoms with Crippen molar-refractivity contribution < 1.29 is 33.6 Å². The van der Waals surface area contributed by atoms with Crippen molar-refractivity contribution in [3.63, 3.8) is 0 Å². The molecule has 0 aliphatic rings. The maximum Gasteiger partial charge on any atom is 0.0823 e. The Labute approximate surface area is 160 Å². The van der Waals surface area contributed by atoms with Gasteiger partial charge in [0, 0.05) is 53.3 Å². The van der Waals surface area contributed by atoms with Gasteiger partial charge in [-0.2, -0.15) is 0 Å². The molecule has 158 valence electrons. The first kappa shape index (κ1) is 27.9. The first-order valence-corrected chi connectivity index (χ1v) is 12.3. The van der Waals surface area contributed by atoms with Gasteiger partial charge in [-0.05, 0) is 13.8 Å². The van der Waals surface area contributed by atoms with Crippen molar-refractivity contribution in [2.24, 2.45) is 0 Å². The average Bonchev–Trinajstić information content (AvgIpc) is 2.58. The molecule has 0 atom stereocenters. The standard InChI is InChI=1S/C10H24O2P.C8H16O5/c1-5-11-7-9-13(3,4)10-8-12-6-2;1-11-4-5-13-7-6-12-3-2-8(9)10/h5-10H2,1-4H3;2-7H2,1H3,(H,9,10)/q+1;/p-1. The van der Waals surface area contributed by atoms with Gasteiger partial charge in [-0.3, -0.25) is 0 Å². The van der Waals surface area contributed by atoms with Crippen LogP contribution >= 0.6 is 7.26 Å². The quantitative estimate of drug-likeness (QED) is 0.268. The zero-order chi connectivity index (χ0) is 20.1. The molecule has 7 nitrogen and oxygen atoms in total. The fraction of sp³-hybridized carbons (Fsp3) is 0.944. The molecule has 0 bridgehead atoms. The minimum Gasteiger partial charge on any atom is -0.550 e. The van der Waals surface area contributed by atoms with Crippen molar-refractivity contribution >= 4 is 13.2 Å². The maximum atomic E-state index is 9.93. The molecule has 0 saturated carbocycles. The molecule has 0 aliphatic heterocycles. The minimum atomic E-state index is -1.10. The molecule has 0 saturated heterocycles. The molecule has 0 heterocycles. The third-order valence-electron chi connectivity index (χ3n) is 3.34. The second-order valence-electron chi connectivity index (χ2n) is 6.12. The van der Waals surface area contributed by atoms with E-state index in [9.17, 15) is 9.90 Å². The molecule has 0 spiro atoms. The number of carboxylic acid groups (broad SMARTS) is 1. The number of carbonyl (C=O) groups is 1. The second-order valence-corrected chi connectivity index (χ2v) is 10.9. The van der Waals surface area contributed by atoms with E-state index in [-0.39, 0.29) is 13.0 Å². The average molecular weight is 398 g/mol. The zero-order valence-corrected chi connectivity index (χ0v) is 18.2. The molecule has 0 aromatic rings. The summed E-state index contributed by atoms with van der Waals surface area (Å²) in [5, 5.41) is 9.93. The Balaban J connectivity index is 0. The lowest BCUT2D eigenvalue weighted by Crippen LogP contribution is -2.23. The molecule has 0 fully saturated rings. The van der Waals surface area contributed by atoms with Crippen molar-refractivity contribution in [1.29, 1.82) is 0 Å². The number of rotatable bonds is 17. The zero-order valence-electron chi connectivity index (χ0n) is 17.3. The highest BCUT2D eigenvalue weighted by Gasteiger charge is 2.23. The summed E-state index contributed by atoms with van der Waals surface area (Å²) in [6.07, 6.45) is 2.39. The fourth-order valence-electron chi connectivity index (χ4n) is 1.64. The largest absolute Gasteiger partial charge is 0.550 e. The number of hydrogen-bond acceptors (Lipinski definition) is 7. The van der Waals surface area contributed by atoms with E-state index in [1.807, 2.05) is 13.8 Å². The van der Waals surface area contributed by atoms with Crippen LogP contribution in [0.1, 0.15) is 20.3 Å². The van der Waals surface area contributed by atoms with Gasteiger partial charge < -0.3 is 33.6 Å². The minimum absolute atomic E-state index is 0.0714. The smallest absolute Gasteiger partial charge is 0.0823 e. The Morgan fingerprint density at radius 3 is 1.65 bits per heavy atom. The first-order chi connectivity index (χ1) is 12.4. The van der Waals surface area contributed by atoms with Crippen LogP contribution < -0.4 is 5.11 Å². The van der Waals surface area contributed by atoms with Crippen LogP contribution in [0.5, 0.6) is 0 Å². The van der Waals surface area contributed by atoms with Gasteiger partial charge in [-0.15, -0.1) is 0 Å². The Morgan fingerprint density at radius 1 is 0.769 bits per heavy atom. The summed E-state index contributed by atoms with van der Waals surface area (Å²) in [6.45, 7) is 14.5. The molecule has 0 unspecified atom stereocenters. The van der Waals surface area contributed by atoms with Gasteiger partial charge in [0.15, 0.2) is 0 Å². The Hall–Kier alpha value is -0.300. The van der Waals surface area contributed by atoms with E-state index >= 15 is 0 Å². The summed E-state index contributed by atoms with van der Waals surface area (Å²) < 4.78 is 25.5. The van der Waals surface area contributed by atoms with Crippen LogP contribution in [0.3, 0.4) is 0 Å². The number of ether oxygens (including phenoxy) is 5. The van der Waals surface area contributed by atoms with E-state index in [4.69, 9.17) is 23.7 Å². The summed E-state index contributed by atoms with van der Waals surface area (Å²) in [4.78, 5) is 9.93. The number of hydrogen-bond donors (Lipinski definition) is 0. The van der Waals surface area contributed by atoms with Gasteiger partial charge in [0.2, 0.25) is 0 Å². The van der Waals surface area contributed by atoms with Crippen LogP contribution in [-0.4, -0.2) is 98.2 Å². The Kier molecular flexibility index (Phi) is 22.6. The molecule has 0 aromatic heterocycles. The van der Waals surface area contributed by atoms with Gasteiger partial charge in [-0.25, -0.2) is 0 Å². The summed E-state index contributed by atoms with van der Waals surface area (Å²) in [5.74, 6) is -1.10. The van der Waals surface area contributed by atoms with Crippen LogP contribution in [0.4, 0.5) is 0 Å². The summed E-state index contributed by atoms with van der Waals surface area (Å²) in [5.41, 5.74) is 0. The summed E-state index contributed by atoms with van der Waals surface area (Å²) in [6, 6.07) is 0. The van der Waals surface area contributed by atoms with E-state index in [1.54, 1.807) is 7.11 Å². The molecule has 0 aromatic carbocycles. The van der Waals surface area contributed by atoms with Gasteiger partial charge in [-0.1, -0.05) is 0 Å². The van der Waals surface area contributed by atoms with Crippen LogP contribution in [0.25, 0.3) is 0 Å². The van der Waals surface area contributed by atoms with Gasteiger partial charge in [0.05, 0.1) is 58.6 Å². The van der Waals surface area contributed by atoms with Crippen molar-refractivity contribution in [3.8, 4) is 0 Å².